The van der Waals surface area contributed by atoms with E-state index in [1.807, 2.05) is 6.21 Å². The second kappa shape index (κ2) is 5.16. The van der Waals surface area contributed by atoms with Crippen molar-refractivity contribution in [1.29, 1.82) is 0 Å². The van der Waals surface area contributed by atoms with Crippen LogP contribution in [-0.4, -0.2) is 12.8 Å². The Morgan fingerprint density at radius 1 is 1.36 bits per heavy atom. The highest BCUT2D eigenvalue weighted by molar-refractivity contribution is 5.63. The van der Waals surface area contributed by atoms with Crippen LogP contribution in [0.3, 0.4) is 0 Å². The van der Waals surface area contributed by atoms with E-state index in [-0.39, 0.29) is 5.41 Å². The molecule has 0 N–H and O–H groups in total. The van der Waals surface area contributed by atoms with Crippen molar-refractivity contribution >= 4 is 6.21 Å². The molecule has 0 unspecified atom stereocenters. The zero-order chi connectivity index (χ0) is 8.74. The predicted octanol–water partition coefficient (Wildman–Crippen LogP) is 2.84. The fourth-order valence-electron chi connectivity index (χ4n) is 0.457. The summed E-state index contributed by atoms with van der Waals surface area (Å²) in [7, 11) is 0. The van der Waals surface area contributed by atoms with Crippen LogP contribution in [0.15, 0.2) is 5.16 Å². The molecule has 0 saturated carbocycles. The first-order valence-electron chi connectivity index (χ1n) is 4.23. The Kier molecular flexibility index (Phi) is 4.92. The lowest BCUT2D eigenvalue weighted by Gasteiger charge is -2.08. The maximum atomic E-state index is 5.02. The summed E-state index contributed by atoms with van der Waals surface area (Å²) in [6, 6.07) is 0. The molecule has 0 aromatic rings. The van der Waals surface area contributed by atoms with Crippen molar-refractivity contribution in [3.8, 4) is 0 Å². The molecule has 0 saturated heterocycles. The third-order valence-electron chi connectivity index (χ3n) is 1.10. The molecule has 0 radical (unpaired) electrons. The number of hydrogen-bond acceptors (Lipinski definition) is 2. The van der Waals surface area contributed by atoms with Gasteiger partial charge < -0.3 is 4.84 Å². The van der Waals surface area contributed by atoms with Crippen molar-refractivity contribution in [2.24, 2.45) is 10.6 Å². The van der Waals surface area contributed by atoms with E-state index in [0.29, 0.717) is 0 Å². The lowest BCUT2D eigenvalue weighted by Crippen LogP contribution is -2.06. The van der Waals surface area contributed by atoms with E-state index in [4.69, 9.17) is 4.84 Å². The molecule has 0 rings (SSSR count). The van der Waals surface area contributed by atoms with E-state index in [1.54, 1.807) is 0 Å². The molecule has 0 aliphatic rings. The minimum atomic E-state index is 0.131. The van der Waals surface area contributed by atoms with E-state index in [0.717, 1.165) is 19.4 Å². The lowest BCUT2D eigenvalue weighted by atomic mass is 10.00. The topological polar surface area (TPSA) is 21.6 Å². The quantitative estimate of drug-likeness (QED) is 0.349. The molecule has 0 aliphatic carbocycles. The summed E-state index contributed by atoms with van der Waals surface area (Å²) in [4.78, 5) is 5.02. The standard InChI is InChI=1S/C9H19NO/c1-5-6-7-11-10-8-9(2,3)4/h8H,5-7H2,1-4H3. The Balaban J connectivity index is 3.30. The zero-order valence-electron chi connectivity index (χ0n) is 8.05. The Morgan fingerprint density at radius 3 is 2.45 bits per heavy atom. The molecule has 0 aromatic carbocycles. The van der Waals surface area contributed by atoms with Gasteiger partial charge in [0.2, 0.25) is 0 Å². The van der Waals surface area contributed by atoms with Gasteiger partial charge in [-0.3, -0.25) is 0 Å². The Labute approximate surface area is 69.6 Å². The molecule has 2 heteroatoms. The average Bonchev–Trinajstić information content (AvgIpc) is 1.85. The summed E-state index contributed by atoms with van der Waals surface area (Å²) < 4.78 is 0. The second-order valence-electron chi connectivity index (χ2n) is 3.79. The van der Waals surface area contributed by atoms with Crippen LogP contribution in [0.25, 0.3) is 0 Å². The van der Waals surface area contributed by atoms with Gasteiger partial charge in [0.05, 0.1) is 0 Å². The highest BCUT2D eigenvalue weighted by Gasteiger charge is 2.04. The van der Waals surface area contributed by atoms with Gasteiger partial charge in [-0.15, -0.1) is 0 Å². The Hall–Kier alpha value is -0.530. The molecule has 66 valence electrons. The summed E-state index contributed by atoms with van der Waals surface area (Å²) in [5.41, 5.74) is 0.131. The number of nitrogens with zero attached hydrogens (tertiary/aromatic N) is 1. The van der Waals surface area contributed by atoms with Crippen LogP contribution in [0, 0.1) is 5.41 Å². The number of oxime groups is 1. The first kappa shape index (κ1) is 10.5. The van der Waals surface area contributed by atoms with E-state index in [1.165, 1.54) is 0 Å². The monoisotopic (exact) mass is 157 g/mol. The molecule has 0 aliphatic heterocycles. The lowest BCUT2D eigenvalue weighted by molar-refractivity contribution is 0.140. The van der Waals surface area contributed by atoms with Crippen LogP contribution in [-0.2, 0) is 4.84 Å². The van der Waals surface area contributed by atoms with Crippen LogP contribution in [0.5, 0.6) is 0 Å². The Morgan fingerprint density at radius 2 is 2.00 bits per heavy atom. The van der Waals surface area contributed by atoms with Crippen LogP contribution >= 0.6 is 0 Å². The van der Waals surface area contributed by atoms with E-state index in [2.05, 4.69) is 32.9 Å². The fourth-order valence-corrected chi connectivity index (χ4v) is 0.457. The molecule has 0 atom stereocenters. The van der Waals surface area contributed by atoms with Gasteiger partial charge in [-0.2, -0.15) is 0 Å². The van der Waals surface area contributed by atoms with Crippen molar-refractivity contribution in [1.82, 2.24) is 0 Å². The molecule has 11 heavy (non-hydrogen) atoms. The number of rotatable bonds is 4. The van der Waals surface area contributed by atoms with E-state index in [9.17, 15) is 0 Å². The van der Waals surface area contributed by atoms with Gasteiger partial charge in [-0.25, -0.2) is 0 Å². The second-order valence-corrected chi connectivity index (χ2v) is 3.79. The molecular formula is C9H19NO. The van der Waals surface area contributed by atoms with E-state index < -0.39 is 0 Å². The molecule has 0 heterocycles. The van der Waals surface area contributed by atoms with Gasteiger partial charge in [-0.05, 0) is 6.42 Å². The van der Waals surface area contributed by atoms with Gasteiger partial charge in [0.25, 0.3) is 0 Å². The first-order valence-corrected chi connectivity index (χ1v) is 4.23. The highest BCUT2D eigenvalue weighted by atomic mass is 16.6. The van der Waals surface area contributed by atoms with Gasteiger partial charge >= 0.3 is 0 Å². The fraction of sp³-hybridized carbons (Fsp3) is 0.889. The maximum Gasteiger partial charge on any atom is 0.117 e. The predicted molar refractivity (Wildman–Crippen MR) is 48.8 cm³/mol. The first-order chi connectivity index (χ1) is 5.06. The maximum absolute atomic E-state index is 5.02. The molecule has 0 amide bonds. The highest BCUT2D eigenvalue weighted by Crippen LogP contribution is 2.08. The van der Waals surface area contributed by atoms with Crippen molar-refractivity contribution in [3.63, 3.8) is 0 Å². The average molecular weight is 157 g/mol. The third kappa shape index (κ3) is 9.47. The van der Waals surface area contributed by atoms with Crippen LogP contribution in [0.4, 0.5) is 0 Å². The van der Waals surface area contributed by atoms with Crippen LogP contribution in [0.1, 0.15) is 40.5 Å². The van der Waals surface area contributed by atoms with Crippen molar-refractivity contribution < 1.29 is 4.84 Å². The van der Waals surface area contributed by atoms with Gasteiger partial charge in [0, 0.05) is 11.6 Å². The SMILES string of the molecule is CCCCON=CC(C)(C)C. The largest absolute Gasteiger partial charge is 0.396 e. The van der Waals surface area contributed by atoms with Gasteiger partial charge in [0.1, 0.15) is 6.61 Å². The number of unbranched alkanes of at least 4 members (excludes halogenated alkanes) is 1. The minimum Gasteiger partial charge on any atom is -0.396 e. The number of hydrogen-bond donors (Lipinski definition) is 0. The molecule has 0 spiro atoms. The van der Waals surface area contributed by atoms with Crippen molar-refractivity contribution in [3.05, 3.63) is 0 Å². The molecule has 0 fully saturated rings. The normalized spacial score (nSPS) is 12.4. The summed E-state index contributed by atoms with van der Waals surface area (Å²) in [5.74, 6) is 0. The molecule has 0 aromatic heterocycles. The van der Waals surface area contributed by atoms with Crippen molar-refractivity contribution in [2.75, 3.05) is 6.61 Å². The third-order valence-corrected chi connectivity index (χ3v) is 1.10. The summed E-state index contributed by atoms with van der Waals surface area (Å²) in [6.45, 7) is 9.17. The smallest absolute Gasteiger partial charge is 0.117 e. The van der Waals surface area contributed by atoms with Crippen LogP contribution in [0.2, 0.25) is 0 Å². The molecule has 2 nitrogen and oxygen atoms in total. The molecule has 0 bridgehead atoms. The van der Waals surface area contributed by atoms with Crippen LogP contribution < -0.4 is 0 Å². The summed E-state index contributed by atoms with van der Waals surface area (Å²) >= 11 is 0. The van der Waals surface area contributed by atoms with Gasteiger partial charge in [-0.1, -0.05) is 39.3 Å². The molecular weight excluding hydrogens is 138 g/mol. The van der Waals surface area contributed by atoms with E-state index >= 15 is 0 Å². The van der Waals surface area contributed by atoms with Gasteiger partial charge in [0.15, 0.2) is 0 Å². The van der Waals surface area contributed by atoms with Crippen molar-refractivity contribution in [2.45, 2.75) is 40.5 Å². The summed E-state index contributed by atoms with van der Waals surface area (Å²) in [5, 5.41) is 3.86. The zero-order valence-corrected chi connectivity index (χ0v) is 8.05. The summed E-state index contributed by atoms with van der Waals surface area (Å²) in [6.07, 6.45) is 4.08. The Bertz CT molecular complexity index is 113. The minimum absolute atomic E-state index is 0.131.